The highest BCUT2D eigenvalue weighted by atomic mass is 32.2. The van der Waals surface area contributed by atoms with E-state index in [1.165, 1.54) is 12.1 Å². The molecule has 2 aromatic rings. The summed E-state index contributed by atoms with van der Waals surface area (Å²) in [6.45, 7) is 2.01. The molecule has 0 spiro atoms. The lowest BCUT2D eigenvalue weighted by atomic mass is 9.94. The first-order chi connectivity index (χ1) is 14.2. The number of benzene rings is 1. The van der Waals surface area contributed by atoms with Gasteiger partial charge >= 0.3 is 6.09 Å². The number of aromatic nitrogens is 2. The number of nitrogens with zero attached hydrogens (tertiary/aromatic N) is 2. The molecule has 160 valence electrons. The molecular weight excluding hydrogens is 406 g/mol. The van der Waals surface area contributed by atoms with E-state index in [2.05, 4.69) is 20.6 Å². The van der Waals surface area contributed by atoms with Crippen LogP contribution in [0.5, 0.6) is 0 Å². The molecule has 2 aliphatic carbocycles. The quantitative estimate of drug-likeness (QED) is 0.639. The standard InChI is InChI=1S/C20H25N5O4S/c1-19(10-11-19)25-18(26)29-20(8-2-3-9-20)14-12-22-17(23-13-14)24-15-4-6-16(7-5-15)30(21,27)28/h4-7,12-13H,2-3,8-11H2,1H3,(H,25,26)(H2,21,27,28)(H,22,23,24). The summed E-state index contributed by atoms with van der Waals surface area (Å²) in [6.07, 6.45) is 8.31. The lowest BCUT2D eigenvalue weighted by Crippen LogP contribution is -2.40. The van der Waals surface area contributed by atoms with Gasteiger partial charge in [0.15, 0.2) is 0 Å². The third kappa shape index (κ3) is 4.54. The summed E-state index contributed by atoms with van der Waals surface area (Å²) in [5.41, 5.74) is 0.551. The van der Waals surface area contributed by atoms with Gasteiger partial charge in [0.25, 0.3) is 0 Å². The second kappa shape index (κ2) is 7.51. The Morgan fingerprint density at radius 3 is 2.20 bits per heavy atom. The van der Waals surface area contributed by atoms with Gasteiger partial charge in [0.1, 0.15) is 5.60 Å². The van der Waals surface area contributed by atoms with Gasteiger partial charge in [0.05, 0.1) is 4.90 Å². The number of hydrogen-bond acceptors (Lipinski definition) is 7. The number of nitrogens with two attached hydrogens (primary N) is 1. The maximum Gasteiger partial charge on any atom is 0.408 e. The number of ether oxygens (including phenoxy) is 1. The normalized spacial score (nSPS) is 19.1. The second-order valence-electron chi connectivity index (χ2n) is 8.27. The first-order valence-corrected chi connectivity index (χ1v) is 11.5. The fraction of sp³-hybridized carbons (Fsp3) is 0.450. The van der Waals surface area contributed by atoms with Gasteiger partial charge in [0.2, 0.25) is 16.0 Å². The van der Waals surface area contributed by atoms with Crippen molar-refractivity contribution in [3.8, 4) is 0 Å². The number of nitrogens with one attached hydrogen (secondary N) is 2. The van der Waals surface area contributed by atoms with Gasteiger partial charge in [0, 0.05) is 29.2 Å². The molecule has 0 radical (unpaired) electrons. The Bertz CT molecular complexity index is 1030. The number of carbonyl (C=O) groups excluding carboxylic acids is 1. The molecule has 2 fully saturated rings. The summed E-state index contributed by atoms with van der Waals surface area (Å²) < 4.78 is 28.6. The Morgan fingerprint density at radius 2 is 1.67 bits per heavy atom. The molecule has 1 aromatic carbocycles. The topological polar surface area (TPSA) is 136 Å². The van der Waals surface area contributed by atoms with Gasteiger partial charge in [-0.1, -0.05) is 0 Å². The zero-order chi connectivity index (χ0) is 21.4. The Morgan fingerprint density at radius 1 is 1.07 bits per heavy atom. The van der Waals surface area contributed by atoms with Gasteiger partial charge in [-0.25, -0.2) is 28.3 Å². The summed E-state index contributed by atoms with van der Waals surface area (Å²) in [6, 6.07) is 5.99. The van der Waals surface area contributed by atoms with Crippen molar-refractivity contribution in [2.75, 3.05) is 5.32 Å². The Labute approximate surface area is 175 Å². The van der Waals surface area contributed by atoms with E-state index >= 15 is 0 Å². The molecule has 4 N–H and O–H groups in total. The van der Waals surface area contributed by atoms with Crippen LogP contribution in [0.3, 0.4) is 0 Å². The third-order valence-electron chi connectivity index (χ3n) is 5.72. The summed E-state index contributed by atoms with van der Waals surface area (Å²) in [5.74, 6) is 0.352. The third-order valence-corrected chi connectivity index (χ3v) is 6.65. The minimum atomic E-state index is -3.74. The van der Waals surface area contributed by atoms with Crippen LogP contribution in [0.4, 0.5) is 16.4 Å². The number of alkyl carbamates (subject to hydrolysis) is 1. The van der Waals surface area contributed by atoms with E-state index in [9.17, 15) is 13.2 Å². The van der Waals surface area contributed by atoms with Crippen molar-refractivity contribution in [2.45, 2.75) is 61.5 Å². The van der Waals surface area contributed by atoms with E-state index in [0.717, 1.165) is 44.1 Å². The lowest BCUT2D eigenvalue weighted by molar-refractivity contribution is 0.0100. The second-order valence-corrected chi connectivity index (χ2v) is 9.83. The SMILES string of the molecule is CC1(NC(=O)OC2(c3cnc(Nc4ccc(S(N)(=O)=O)cc4)nc3)CCCC2)CC1. The first-order valence-electron chi connectivity index (χ1n) is 9.91. The number of rotatable bonds is 6. The number of primary sulfonamides is 1. The van der Waals surface area contributed by atoms with Crippen molar-refractivity contribution in [2.24, 2.45) is 5.14 Å². The number of carbonyl (C=O) groups is 1. The highest BCUT2D eigenvalue weighted by Crippen LogP contribution is 2.42. The molecule has 1 heterocycles. The minimum absolute atomic E-state index is 0.0305. The van der Waals surface area contributed by atoms with E-state index < -0.39 is 21.7 Å². The first kappa shape index (κ1) is 20.5. The van der Waals surface area contributed by atoms with Crippen LogP contribution in [0.2, 0.25) is 0 Å². The zero-order valence-corrected chi connectivity index (χ0v) is 17.5. The molecule has 1 aromatic heterocycles. The minimum Gasteiger partial charge on any atom is -0.438 e. The molecule has 4 rings (SSSR count). The Balaban J connectivity index is 1.46. The molecule has 9 nitrogen and oxygen atoms in total. The van der Waals surface area contributed by atoms with Gasteiger partial charge in [-0.2, -0.15) is 0 Å². The van der Waals surface area contributed by atoms with Crippen LogP contribution in [0.25, 0.3) is 0 Å². The molecule has 0 aliphatic heterocycles. The number of amides is 1. The monoisotopic (exact) mass is 431 g/mol. The van der Waals surface area contributed by atoms with Gasteiger partial charge < -0.3 is 15.4 Å². The van der Waals surface area contributed by atoms with E-state index in [4.69, 9.17) is 9.88 Å². The van der Waals surface area contributed by atoms with Crippen LogP contribution < -0.4 is 15.8 Å². The molecule has 2 aliphatic rings. The van der Waals surface area contributed by atoms with Crippen molar-refractivity contribution >= 4 is 27.8 Å². The molecule has 2 saturated carbocycles. The number of sulfonamides is 1. The van der Waals surface area contributed by atoms with Crippen LogP contribution in [-0.2, 0) is 20.4 Å². The molecule has 10 heteroatoms. The molecule has 0 saturated heterocycles. The average molecular weight is 432 g/mol. The predicted molar refractivity (Wildman–Crippen MR) is 111 cm³/mol. The van der Waals surface area contributed by atoms with E-state index in [-0.39, 0.29) is 10.4 Å². The summed E-state index contributed by atoms with van der Waals surface area (Å²) in [4.78, 5) is 21.1. The van der Waals surface area contributed by atoms with Crippen LogP contribution in [0.15, 0.2) is 41.6 Å². The Kier molecular flexibility index (Phi) is 5.15. The molecule has 1 amide bonds. The van der Waals surface area contributed by atoms with Gasteiger partial charge in [-0.3, -0.25) is 0 Å². The van der Waals surface area contributed by atoms with Crippen molar-refractivity contribution in [1.29, 1.82) is 0 Å². The fourth-order valence-corrected chi connectivity index (χ4v) is 4.16. The lowest BCUT2D eigenvalue weighted by Gasteiger charge is -2.29. The van der Waals surface area contributed by atoms with Crippen LogP contribution in [-0.4, -0.2) is 30.0 Å². The van der Waals surface area contributed by atoms with Crippen molar-refractivity contribution in [1.82, 2.24) is 15.3 Å². The number of anilines is 2. The van der Waals surface area contributed by atoms with Crippen LogP contribution in [0.1, 0.15) is 51.0 Å². The van der Waals surface area contributed by atoms with Crippen molar-refractivity contribution in [3.63, 3.8) is 0 Å². The molecule has 0 bridgehead atoms. The number of hydrogen-bond donors (Lipinski definition) is 3. The maximum absolute atomic E-state index is 12.4. The predicted octanol–water partition coefficient (Wildman–Crippen LogP) is 2.92. The summed E-state index contributed by atoms with van der Waals surface area (Å²) >= 11 is 0. The fourth-order valence-electron chi connectivity index (χ4n) is 3.64. The van der Waals surface area contributed by atoms with E-state index in [1.54, 1.807) is 24.5 Å². The Hall–Kier alpha value is -2.72. The van der Waals surface area contributed by atoms with E-state index in [1.807, 2.05) is 6.92 Å². The van der Waals surface area contributed by atoms with Crippen molar-refractivity contribution in [3.05, 3.63) is 42.2 Å². The van der Waals surface area contributed by atoms with Crippen LogP contribution in [0, 0.1) is 0 Å². The van der Waals surface area contributed by atoms with Crippen molar-refractivity contribution < 1.29 is 17.9 Å². The molecule has 0 unspecified atom stereocenters. The highest BCUT2D eigenvalue weighted by molar-refractivity contribution is 7.89. The largest absolute Gasteiger partial charge is 0.438 e. The summed E-state index contributed by atoms with van der Waals surface area (Å²) in [7, 11) is -3.74. The van der Waals surface area contributed by atoms with Crippen LogP contribution >= 0.6 is 0 Å². The average Bonchev–Trinajstić information content (AvgIpc) is 3.22. The maximum atomic E-state index is 12.4. The van der Waals surface area contributed by atoms with Gasteiger partial charge in [-0.05, 0) is 69.7 Å². The molecular formula is C20H25N5O4S. The molecule has 0 atom stereocenters. The smallest absolute Gasteiger partial charge is 0.408 e. The highest BCUT2D eigenvalue weighted by Gasteiger charge is 2.44. The zero-order valence-electron chi connectivity index (χ0n) is 16.7. The van der Waals surface area contributed by atoms with Gasteiger partial charge in [-0.15, -0.1) is 0 Å². The summed E-state index contributed by atoms with van der Waals surface area (Å²) in [5, 5.41) is 11.1. The van der Waals surface area contributed by atoms with E-state index in [0.29, 0.717) is 11.6 Å². The molecule has 30 heavy (non-hydrogen) atoms.